The van der Waals surface area contributed by atoms with Gasteiger partial charge in [0.2, 0.25) is 10.0 Å². The lowest BCUT2D eigenvalue weighted by Gasteiger charge is -2.16. The zero-order valence-corrected chi connectivity index (χ0v) is 14.0. The lowest BCUT2D eigenvalue weighted by atomic mass is 10.3. The van der Waals surface area contributed by atoms with E-state index in [1.54, 1.807) is 13.2 Å². The Morgan fingerprint density at radius 1 is 1.40 bits per heavy atom. The van der Waals surface area contributed by atoms with E-state index in [-0.39, 0.29) is 4.90 Å². The second kappa shape index (κ2) is 7.94. The van der Waals surface area contributed by atoms with E-state index in [9.17, 15) is 8.42 Å². The highest BCUT2D eigenvalue weighted by molar-refractivity contribution is 9.10. The number of hydrogen-bond donors (Lipinski definition) is 2. The summed E-state index contributed by atoms with van der Waals surface area (Å²) in [5.41, 5.74) is 6.08. The van der Waals surface area contributed by atoms with E-state index in [0.717, 1.165) is 6.54 Å². The second-order valence-electron chi connectivity index (χ2n) is 4.38. The summed E-state index contributed by atoms with van der Waals surface area (Å²) in [4.78, 5) is 2.15. The van der Waals surface area contributed by atoms with Gasteiger partial charge >= 0.3 is 0 Å². The fraction of sp³-hybridized carbons (Fsp3) is 0.500. The van der Waals surface area contributed by atoms with Gasteiger partial charge in [-0.3, -0.25) is 0 Å². The molecule has 0 aromatic heterocycles. The average molecular weight is 366 g/mol. The van der Waals surface area contributed by atoms with Crippen LogP contribution in [0.2, 0.25) is 0 Å². The molecular formula is C12H20BrN3O3S. The summed E-state index contributed by atoms with van der Waals surface area (Å²) in [5, 5.41) is 0. The van der Waals surface area contributed by atoms with Crippen LogP contribution in [-0.2, 0) is 14.8 Å². The van der Waals surface area contributed by atoms with Crippen molar-refractivity contribution in [3.8, 4) is 0 Å². The molecule has 20 heavy (non-hydrogen) atoms. The first kappa shape index (κ1) is 17.4. The molecular weight excluding hydrogens is 346 g/mol. The summed E-state index contributed by atoms with van der Waals surface area (Å²) >= 11 is 3.23. The maximum atomic E-state index is 12.1. The molecule has 0 spiro atoms. The van der Waals surface area contributed by atoms with Gasteiger partial charge in [0.05, 0.1) is 11.5 Å². The normalized spacial score (nSPS) is 12.0. The molecule has 114 valence electrons. The zero-order valence-electron chi connectivity index (χ0n) is 11.6. The van der Waals surface area contributed by atoms with E-state index in [2.05, 4.69) is 20.7 Å². The highest BCUT2D eigenvalue weighted by atomic mass is 79.9. The molecule has 0 radical (unpaired) electrons. The minimum Gasteiger partial charge on any atom is -0.398 e. The summed E-state index contributed by atoms with van der Waals surface area (Å²) in [6.45, 7) is 2.31. The van der Waals surface area contributed by atoms with Crippen LogP contribution in [0.1, 0.15) is 0 Å². The molecule has 1 aromatic rings. The largest absolute Gasteiger partial charge is 0.398 e. The molecule has 0 aliphatic heterocycles. The van der Waals surface area contributed by atoms with Gasteiger partial charge in [-0.05, 0) is 41.2 Å². The molecule has 8 heteroatoms. The minimum absolute atomic E-state index is 0.165. The number of likely N-dealkylation sites (N-methyl/N-ethyl adjacent to an activating group) is 1. The summed E-state index contributed by atoms with van der Waals surface area (Å²) in [6, 6.07) is 4.56. The van der Waals surface area contributed by atoms with Crippen LogP contribution < -0.4 is 10.5 Å². The third kappa shape index (κ3) is 5.37. The number of nitrogens with zero attached hydrogens (tertiary/aromatic N) is 1. The number of ether oxygens (including phenoxy) is 1. The molecule has 0 amide bonds. The van der Waals surface area contributed by atoms with Gasteiger partial charge in [-0.15, -0.1) is 0 Å². The molecule has 1 rings (SSSR count). The highest BCUT2D eigenvalue weighted by Gasteiger charge is 2.14. The maximum absolute atomic E-state index is 12.1. The van der Waals surface area contributed by atoms with Crippen molar-refractivity contribution in [3.05, 3.63) is 22.7 Å². The lowest BCUT2D eigenvalue weighted by Crippen LogP contribution is -2.34. The Morgan fingerprint density at radius 3 is 2.70 bits per heavy atom. The van der Waals surface area contributed by atoms with Crippen molar-refractivity contribution in [2.75, 3.05) is 46.1 Å². The number of sulfonamides is 1. The van der Waals surface area contributed by atoms with Crippen LogP contribution in [0.3, 0.4) is 0 Å². The van der Waals surface area contributed by atoms with Crippen LogP contribution in [0.15, 0.2) is 27.6 Å². The lowest BCUT2D eigenvalue weighted by molar-refractivity contribution is 0.162. The number of nitrogens with two attached hydrogens (primary N) is 1. The van der Waals surface area contributed by atoms with Gasteiger partial charge in [0.15, 0.2) is 0 Å². The molecule has 0 aliphatic carbocycles. The van der Waals surface area contributed by atoms with Gasteiger partial charge in [-0.1, -0.05) is 0 Å². The second-order valence-corrected chi connectivity index (χ2v) is 7.00. The first-order valence-corrected chi connectivity index (χ1v) is 8.36. The third-order valence-corrected chi connectivity index (χ3v) is 4.92. The predicted octanol–water partition coefficient (Wildman–Crippen LogP) is 0.888. The zero-order chi connectivity index (χ0) is 15.2. The van der Waals surface area contributed by atoms with E-state index in [1.165, 1.54) is 12.1 Å². The Hall–Kier alpha value is -0.670. The Kier molecular flexibility index (Phi) is 6.90. The topological polar surface area (TPSA) is 84.7 Å². The van der Waals surface area contributed by atoms with Gasteiger partial charge in [-0.25, -0.2) is 13.1 Å². The molecule has 6 nitrogen and oxygen atoms in total. The number of methoxy groups -OCH3 is 1. The predicted molar refractivity (Wildman–Crippen MR) is 83.1 cm³/mol. The van der Waals surface area contributed by atoms with Crippen LogP contribution in [0.5, 0.6) is 0 Å². The molecule has 0 fully saturated rings. The molecule has 0 bridgehead atoms. The summed E-state index contributed by atoms with van der Waals surface area (Å²) in [5.74, 6) is 0. The van der Waals surface area contributed by atoms with E-state index < -0.39 is 10.0 Å². The Balaban J connectivity index is 2.55. The molecule has 1 aromatic carbocycles. The maximum Gasteiger partial charge on any atom is 0.240 e. The van der Waals surface area contributed by atoms with Gasteiger partial charge in [0.25, 0.3) is 0 Å². The van der Waals surface area contributed by atoms with Crippen LogP contribution in [0, 0.1) is 0 Å². The summed E-state index contributed by atoms with van der Waals surface area (Å²) in [6.07, 6.45) is 0. The van der Waals surface area contributed by atoms with Gasteiger partial charge in [0, 0.05) is 36.9 Å². The van der Waals surface area contributed by atoms with E-state index in [4.69, 9.17) is 10.5 Å². The minimum atomic E-state index is -3.52. The quantitative estimate of drug-likeness (QED) is 0.668. The van der Waals surface area contributed by atoms with Crippen molar-refractivity contribution in [1.82, 2.24) is 9.62 Å². The number of halogens is 1. The fourth-order valence-corrected chi connectivity index (χ4v) is 2.80. The van der Waals surface area contributed by atoms with Crippen LogP contribution in [0.25, 0.3) is 0 Å². The van der Waals surface area contributed by atoms with Crippen LogP contribution in [-0.4, -0.2) is 53.7 Å². The molecule has 0 heterocycles. The Labute approximate surface area is 128 Å². The van der Waals surface area contributed by atoms with Crippen molar-refractivity contribution in [3.63, 3.8) is 0 Å². The number of benzene rings is 1. The number of nitrogen functional groups attached to an aromatic ring is 1. The van der Waals surface area contributed by atoms with Gasteiger partial charge in [-0.2, -0.15) is 0 Å². The van der Waals surface area contributed by atoms with Crippen molar-refractivity contribution in [1.29, 1.82) is 0 Å². The van der Waals surface area contributed by atoms with Crippen molar-refractivity contribution in [2.24, 2.45) is 0 Å². The van der Waals surface area contributed by atoms with E-state index >= 15 is 0 Å². The SMILES string of the molecule is COCCN(C)CCNS(=O)(=O)c1ccc(Br)c(N)c1. The Morgan fingerprint density at radius 2 is 2.10 bits per heavy atom. The molecule has 0 saturated carbocycles. The van der Waals surface area contributed by atoms with E-state index in [1.807, 2.05) is 11.9 Å². The summed E-state index contributed by atoms with van der Waals surface area (Å²) in [7, 11) is 0.0166. The summed E-state index contributed by atoms with van der Waals surface area (Å²) < 4.78 is 32.3. The van der Waals surface area contributed by atoms with E-state index in [0.29, 0.717) is 29.9 Å². The number of nitrogens with one attached hydrogen (secondary N) is 1. The van der Waals surface area contributed by atoms with Crippen molar-refractivity contribution in [2.45, 2.75) is 4.90 Å². The van der Waals surface area contributed by atoms with Crippen LogP contribution in [0.4, 0.5) is 5.69 Å². The number of hydrogen-bond acceptors (Lipinski definition) is 5. The highest BCUT2D eigenvalue weighted by Crippen LogP contribution is 2.22. The molecule has 0 aliphatic rings. The molecule has 0 saturated heterocycles. The number of anilines is 1. The van der Waals surface area contributed by atoms with Crippen molar-refractivity contribution < 1.29 is 13.2 Å². The number of rotatable bonds is 8. The first-order chi connectivity index (χ1) is 9.36. The van der Waals surface area contributed by atoms with Crippen LogP contribution >= 0.6 is 15.9 Å². The standard InChI is InChI=1S/C12H20BrN3O3S/c1-16(7-8-19-2)6-5-15-20(17,18)10-3-4-11(13)12(14)9-10/h3-4,9,15H,5-8,14H2,1-2H3. The monoisotopic (exact) mass is 365 g/mol. The van der Waals surface area contributed by atoms with Gasteiger partial charge < -0.3 is 15.4 Å². The third-order valence-electron chi connectivity index (χ3n) is 2.74. The molecule has 3 N–H and O–H groups in total. The fourth-order valence-electron chi connectivity index (χ4n) is 1.50. The molecule has 0 atom stereocenters. The Bertz CT molecular complexity index is 537. The van der Waals surface area contributed by atoms with Crippen molar-refractivity contribution >= 4 is 31.6 Å². The first-order valence-electron chi connectivity index (χ1n) is 6.09. The molecule has 0 unspecified atom stereocenters. The smallest absolute Gasteiger partial charge is 0.240 e. The average Bonchev–Trinajstić information content (AvgIpc) is 2.39. The van der Waals surface area contributed by atoms with Gasteiger partial charge in [0.1, 0.15) is 0 Å².